The first-order valence-corrected chi connectivity index (χ1v) is 12.1. The van der Waals surface area contributed by atoms with Gasteiger partial charge in [0.25, 0.3) is 10.0 Å². The average Bonchev–Trinajstić information content (AvgIpc) is 2.82. The lowest BCUT2D eigenvalue weighted by molar-refractivity contribution is -0.114. The molecule has 8 heteroatoms. The van der Waals surface area contributed by atoms with Gasteiger partial charge in [0.05, 0.1) is 22.8 Å². The van der Waals surface area contributed by atoms with E-state index in [4.69, 9.17) is 4.74 Å². The minimum Gasteiger partial charge on any atom is -0.462 e. The van der Waals surface area contributed by atoms with E-state index >= 15 is 0 Å². The summed E-state index contributed by atoms with van der Waals surface area (Å²) in [6, 6.07) is 18.7. The van der Waals surface area contributed by atoms with Crippen molar-refractivity contribution < 1.29 is 22.7 Å². The summed E-state index contributed by atoms with van der Waals surface area (Å²) in [5.74, 6) is -0.941. The van der Waals surface area contributed by atoms with Gasteiger partial charge in [0.1, 0.15) is 6.54 Å². The predicted octanol–water partition coefficient (Wildman–Crippen LogP) is 4.24. The Morgan fingerprint density at radius 1 is 0.939 bits per heavy atom. The molecule has 170 valence electrons. The Bertz CT molecular complexity index is 1320. The van der Waals surface area contributed by atoms with Gasteiger partial charge in [-0.3, -0.25) is 9.10 Å². The number of hydrogen-bond acceptors (Lipinski definition) is 5. The fourth-order valence-corrected chi connectivity index (χ4v) is 5.45. The van der Waals surface area contributed by atoms with Gasteiger partial charge in [-0.2, -0.15) is 0 Å². The van der Waals surface area contributed by atoms with Crippen LogP contribution < -0.4 is 9.62 Å². The van der Waals surface area contributed by atoms with E-state index in [1.54, 1.807) is 61.5 Å². The van der Waals surface area contributed by atoms with Crippen LogP contribution in [0.2, 0.25) is 0 Å². The number of aryl methyl sites for hydroxylation is 1. The topological polar surface area (TPSA) is 92.8 Å². The summed E-state index contributed by atoms with van der Waals surface area (Å²) in [5.41, 5.74) is 3.78. The molecular weight excluding hydrogens is 440 g/mol. The van der Waals surface area contributed by atoms with Crippen LogP contribution in [0, 0.1) is 0 Å². The molecule has 1 aliphatic rings. The van der Waals surface area contributed by atoms with E-state index in [0.29, 0.717) is 22.5 Å². The largest absolute Gasteiger partial charge is 0.462 e. The number of carbonyl (C=O) groups is 2. The zero-order valence-corrected chi connectivity index (χ0v) is 19.2. The molecule has 0 saturated heterocycles. The SMILES string of the molecule is CCOC(=O)c1ccc(NC(=O)CN2c3ccc(CC)cc3-c3ccccc3S2(=O)=O)cc1. The molecule has 0 unspecified atom stereocenters. The number of rotatable bonds is 6. The number of fused-ring (bicyclic) bond motifs is 3. The summed E-state index contributed by atoms with van der Waals surface area (Å²) in [6.45, 7) is 3.65. The highest BCUT2D eigenvalue weighted by Crippen LogP contribution is 2.43. The van der Waals surface area contributed by atoms with Gasteiger partial charge in [0.2, 0.25) is 5.91 Å². The van der Waals surface area contributed by atoms with Crippen molar-refractivity contribution in [1.82, 2.24) is 0 Å². The Morgan fingerprint density at radius 2 is 1.67 bits per heavy atom. The van der Waals surface area contributed by atoms with Gasteiger partial charge in [0.15, 0.2) is 0 Å². The summed E-state index contributed by atoms with van der Waals surface area (Å²) in [5, 5.41) is 2.71. The third-order valence-corrected chi connectivity index (χ3v) is 7.27. The van der Waals surface area contributed by atoms with E-state index < -0.39 is 21.9 Å². The molecule has 0 spiro atoms. The lowest BCUT2D eigenvalue weighted by atomic mass is 9.99. The average molecular weight is 465 g/mol. The van der Waals surface area contributed by atoms with Crippen LogP contribution in [0.5, 0.6) is 0 Å². The van der Waals surface area contributed by atoms with Crippen molar-refractivity contribution >= 4 is 33.3 Å². The summed E-state index contributed by atoms with van der Waals surface area (Å²) in [4.78, 5) is 24.8. The maximum absolute atomic E-state index is 13.4. The van der Waals surface area contributed by atoms with E-state index in [-0.39, 0.29) is 18.0 Å². The number of amides is 1. The lowest BCUT2D eigenvalue weighted by Gasteiger charge is -2.32. The van der Waals surface area contributed by atoms with Gasteiger partial charge in [-0.05, 0) is 61.4 Å². The summed E-state index contributed by atoms with van der Waals surface area (Å²) >= 11 is 0. The molecule has 4 rings (SSSR count). The third-order valence-electron chi connectivity index (χ3n) is 5.45. The second-order valence-electron chi connectivity index (χ2n) is 7.56. The smallest absolute Gasteiger partial charge is 0.338 e. The number of carbonyl (C=O) groups excluding carboxylic acids is 2. The van der Waals surface area contributed by atoms with Crippen molar-refractivity contribution in [2.24, 2.45) is 0 Å². The molecule has 0 radical (unpaired) electrons. The first-order chi connectivity index (χ1) is 15.8. The van der Waals surface area contributed by atoms with Crippen LogP contribution in [0.15, 0.2) is 71.6 Å². The van der Waals surface area contributed by atoms with Gasteiger partial charge in [0, 0.05) is 16.8 Å². The Kier molecular flexibility index (Phi) is 6.20. The van der Waals surface area contributed by atoms with Crippen molar-refractivity contribution in [3.05, 3.63) is 77.9 Å². The normalized spacial score (nSPS) is 13.6. The summed E-state index contributed by atoms with van der Waals surface area (Å²) in [7, 11) is -3.92. The van der Waals surface area contributed by atoms with Crippen molar-refractivity contribution in [2.75, 3.05) is 22.8 Å². The molecule has 7 nitrogen and oxygen atoms in total. The van der Waals surface area contributed by atoms with Crippen molar-refractivity contribution in [1.29, 1.82) is 0 Å². The molecule has 1 amide bonds. The summed E-state index contributed by atoms with van der Waals surface area (Å²) < 4.78 is 32.9. The Morgan fingerprint density at radius 3 is 2.36 bits per heavy atom. The second-order valence-corrected chi connectivity index (χ2v) is 9.39. The van der Waals surface area contributed by atoms with Crippen LogP contribution in [0.3, 0.4) is 0 Å². The highest BCUT2D eigenvalue weighted by Gasteiger charge is 2.35. The fourth-order valence-electron chi connectivity index (χ4n) is 3.80. The molecule has 0 bridgehead atoms. The molecule has 0 aromatic heterocycles. The minimum absolute atomic E-state index is 0.178. The van der Waals surface area contributed by atoms with Gasteiger partial charge in [-0.1, -0.05) is 31.2 Å². The van der Waals surface area contributed by atoms with Gasteiger partial charge in [-0.25, -0.2) is 13.2 Å². The number of esters is 1. The molecule has 1 heterocycles. The van der Waals surface area contributed by atoms with E-state index in [0.717, 1.165) is 21.9 Å². The Labute approximate surface area is 193 Å². The van der Waals surface area contributed by atoms with Gasteiger partial charge in [-0.15, -0.1) is 0 Å². The van der Waals surface area contributed by atoms with Crippen molar-refractivity contribution in [3.8, 4) is 11.1 Å². The maximum Gasteiger partial charge on any atom is 0.338 e. The van der Waals surface area contributed by atoms with E-state index in [2.05, 4.69) is 5.32 Å². The number of nitrogens with zero attached hydrogens (tertiary/aromatic N) is 1. The summed E-state index contributed by atoms with van der Waals surface area (Å²) in [6.07, 6.45) is 0.810. The van der Waals surface area contributed by atoms with Crippen LogP contribution in [0.4, 0.5) is 11.4 Å². The van der Waals surface area contributed by atoms with Crippen LogP contribution in [0.1, 0.15) is 29.8 Å². The number of ether oxygens (including phenoxy) is 1. The minimum atomic E-state index is -3.92. The molecule has 3 aromatic carbocycles. The maximum atomic E-state index is 13.4. The first-order valence-electron chi connectivity index (χ1n) is 10.7. The van der Waals surface area contributed by atoms with E-state index in [1.165, 1.54) is 0 Å². The monoisotopic (exact) mass is 464 g/mol. The third kappa shape index (κ3) is 4.34. The predicted molar refractivity (Wildman–Crippen MR) is 127 cm³/mol. The van der Waals surface area contributed by atoms with E-state index in [9.17, 15) is 18.0 Å². The Balaban J connectivity index is 1.61. The lowest BCUT2D eigenvalue weighted by Crippen LogP contribution is -2.40. The number of hydrogen-bond donors (Lipinski definition) is 1. The molecule has 1 N–H and O–H groups in total. The molecule has 0 atom stereocenters. The van der Waals surface area contributed by atoms with Gasteiger partial charge >= 0.3 is 5.97 Å². The first kappa shape index (κ1) is 22.5. The van der Waals surface area contributed by atoms with Gasteiger partial charge < -0.3 is 10.1 Å². The second kappa shape index (κ2) is 9.07. The quantitative estimate of drug-likeness (QED) is 0.551. The molecule has 33 heavy (non-hydrogen) atoms. The van der Waals surface area contributed by atoms with Crippen LogP contribution in [-0.2, 0) is 26.0 Å². The number of sulfonamides is 1. The molecule has 0 aliphatic carbocycles. The highest BCUT2D eigenvalue weighted by atomic mass is 32.2. The molecule has 0 fully saturated rings. The molecule has 3 aromatic rings. The standard InChI is InChI=1S/C25H24N2O5S/c1-3-17-9-14-22-21(15-17)20-7-5-6-8-23(20)33(30,31)27(22)16-24(28)26-19-12-10-18(11-13-19)25(29)32-4-2/h5-15H,3-4,16H2,1-2H3,(H,26,28). The van der Waals surface area contributed by atoms with Crippen LogP contribution >= 0.6 is 0 Å². The van der Waals surface area contributed by atoms with Crippen molar-refractivity contribution in [2.45, 2.75) is 25.2 Å². The van der Waals surface area contributed by atoms with E-state index in [1.807, 2.05) is 19.1 Å². The number of anilines is 2. The zero-order chi connectivity index (χ0) is 23.6. The van der Waals surface area contributed by atoms with Crippen molar-refractivity contribution in [3.63, 3.8) is 0 Å². The fraction of sp³-hybridized carbons (Fsp3) is 0.200. The Hall–Kier alpha value is -3.65. The molecular formula is C25H24N2O5S. The number of nitrogens with one attached hydrogen (secondary N) is 1. The molecule has 1 aliphatic heterocycles. The molecule has 0 saturated carbocycles. The van der Waals surface area contributed by atoms with Crippen LogP contribution in [0.25, 0.3) is 11.1 Å². The highest BCUT2D eigenvalue weighted by molar-refractivity contribution is 7.93. The zero-order valence-electron chi connectivity index (χ0n) is 18.4. The van der Waals surface area contributed by atoms with Crippen LogP contribution in [-0.4, -0.2) is 33.4 Å². The number of benzene rings is 3.